The largest absolute Gasteiger partial charge is 0.451 e. The molecule has 0 unspecified atom stereocenters. The van der Waals surface area contributed by atoms with E-state index in [1.807, 2.05) is 43.1 Å². The minimum Gasteiger partial charge on any atom is -0.451 e. The van der Waals surface area contributed by atoms with Crippen molar-refractivity contribution in [2.45, 2.75) is 32.6 Å². The first-order valence-corrected chi connectivity index (χ1v) is 8.42. The molecule has 5 nitrogen and oxygen atoms in total. The van der Waals surface area contributed by atoms with Gasteiger partial charge in [0.05, 0.1) is 0 Å². The monoisotopic (exact) mass is 323 g/mol. The number of carbonyl (C=O) groups is 1. The molecule has 1 amide bonds. The van der Waals surface area contributed by atoms with Crippen molar-refractivity contribution in [2.75, 3.05) is 13.1 Å². The van der Waals surface area contributed by atoms with Crippen LogP contribution in [-0.2, 0) is 0 Å². The number of benzene rings is 1. The van der Waals surface area contributed by atoms with Gasteiger partial charge in [0.25, 0.3) is 5.91 Å². The van der Waals surface area contributed by atoms with E-state index in [4.69, 9.17) is 4.42 Å². The van der Waals surface area contributed by atoms with E-state index in [-0.39, 0.29) is 11.8 Å². The lowest BCUT2D eigenvalue weighted by Crippen LogP contribution is -2.39. The molecular formula is C19H21N3O2. The van der Waals surface area contributed by atoms with Gasteiger partial charge in [-0.1, -0.05) is 12.1 Å². The molecule has 3 aromatic rings. The minimum absolute atomic E-state index is 0.0161. The van der Waals surface area contributed by atoms with Gasteiger partial charge in [-0.25, -0.2) is 4.98 Å². The number of imidazole rings is 1. The summed E-state index contributed by atoms with van der Waals surface area (Å²) >= 11 is 0. The molecule has 0 aliphatic carbocycles. The lowest BCUT2D eigenvalue weighted by atomic mass is 9.97. The van der Waals surface area contributed by atoms with Crippen molar-refractivity contribution in [3.05, 3.63) is 53.3 Å². The van der Waals surface area contributed by atoms with E-state index in [1.54, 1.807) is 6.20 Å². The number of aromatic amines is 1. The Hall–Kier alpha value is -2.56. The number of rotatable bonds is 2. The number of aromatic nitrogens is 2. The van der Waals surface area contributed by atoms with E-state index < -0.39 is 0 Å². The molecule has 0 spiro atoms. The number of nitrogens with zero attached hydrogens (tertiary/aromatic N) is 2. The molecule has 1 saturated heterocycles. The maximum Gasteiger partial charge on any atom is 0.289 e. The molecule has 1 aromatic carbocycles. The first kappa shape index (κ1) is 15.0. The zero-order chi connectivity index (χ0) is 16.7. The number of furan rings is 1. The third kappa shape index (κ3) is 2.50. The van der Waals surface area contributed by atoms with Crippen LogP contribution in [0.15, 0.2) is 35.0 Å². The second kappa shape index (κ2) is 5.82. The number of fused-ring (bicyclic) bond motifs is 1. The van der Waals surface area contributed by atoms with Crippen LogP contribution in [0, 0.1) is 13.8 Å². The Morgan fingerprint density at radius 1 is 1.38 bits per heavy atom. The van der Waals surface area contributed by atoms with Gasteiger partial charge in [-0.2, -0.15) is 0 Å². The first-order valence-electron chi connectivity index (χ1n) is 8.42. The normalized spacial score (nSPS) is 18.2. The summed E-state index contributed by atoms with van der Waals surface area (Å²) in [7, 11) is 0. The third-order valence-electron chi connectivity index (χ3n) is 4.90. The number of carbonyl (C=O) groups excluding carboxylic acids is 1. The molecule has 124 valence electrons. The average molecular weight is 323 g/mol. The lowest BCUT2D eigenvalue weighted by molar-refractivity contribution is 0.0674. The number of hydrogen-bond donors (Lipinski definition) is 1. The van der Waals surface area contributed by atoms with Crippen LogP contribution in [0.2, 0.25) is 0 Å². The number of likely N-dealkylation sites (tertiary alicyclic amines) is 1. The van der Waals surface area contributed by atoms with Crippen molar-refractivity contribution in [3.8, 4) is 0 Å². The quantitative estimate of drug-likeness (QED) is 0.780. The SMILES string of the molecule is Cc1ccc2c(C)c(C(=O)N3CCC[C@H](c4ncc[nH]4)C3)oc2c1. The molecule has 0 radical (unpaired) electrons. The van der Waals surface area contributed by atoms with E-state index in [0.717, 1.165) is 47.3 Å². The number of hydrogen-bond acceptors (Lipinski definition) is 3. The molecule has 24 heavy (non-hydrogen) atoms. The van der Waals surface area contributed by atoms with E-state index in [2.05, 4.69) is 9.97 Å². The second-order valence-corrected chi connectivity index (χ2v) is 6.62. The van der Waals surface area contributed by atoms with Crippen molar-refractivity contribution in [2.24, 2.45) is 0 Å². The predicted octanol–water partition coefficient (Wildman–Crippen LogP) is 3.79. The van der Waals surface area contributed by atoms with Crippen molar-refractivity contribution in [3.63, 3.8) is 0 Å². The maximum atomic E-state index is 13.0. The van der Waals surface area contributed by atoms with Gasteiger partial charge < -0.3 is 14.3 Å². The summed E-state index contributed by atoms with van der Waals surface area (Å²) in [4.78, 5) is 22.4. The first-order chi connectivity index (χ1) is 11.6. The highest BCUT2D eigenvalue weighted by Crippen LogP contribution is 2.30. The highest BCUT2D eigenvalue weighted by atomic mass is 16.3. The van der Waals surface area contributed by atoms with Crippen LogP contribution < -0.4 is 0 Å². The van der Waals surface area contributed by atoms with Crippen LogP contribution in [-0.4, -0.2) is 33.9 Å². The summed E-state index contributed by atoms with van der Waals surface area (Å²) in [5.74, 6) is 1.68. The Bertz CT molecular complexity index is 880. The summed E-state index contributed by atoms with van der Waals surface area (Å²) in [5.41, 5.74) is 2.84. The van der Waals surface area contributed by atoms with Gasteiger partial charge in [-0.15, -0.1) is 0 Å². The van der Waals surface area contributed by atoms with Gasteiger partial charge in [-0.05, 0) is 38.3 Å². The number of nitrogens with one attached hydrogen (secondary N) is 1. The third-order valence-corrected chi connectivity index (χ3v) is 4.90. The lowest BCUT2D eigenvalue weighted by Gasteiger charge is -2.31. The highest BCUT2D eigenvalue weighted by molar-refractivity contribution is 5.99. The van der Waals surface area contributed by atoms with Gasteiger partial charge in [0.1, 0.15) is 11.4 Å². The van der Waals surface area contributed by atoms with Crippen LogP contribution in [0.4, 0.5) is 0 Å². The molecule has 0 bridgehead atoms. The summed E-state index contributed by atoms with van der Waals surface area (Å²) in [6.07, 6.45) is 5.63. The summed E-state index contributed by atoms with van der Waals surface area (Å²) in [5, 5.41) is 1.02. The van der Waals surface area contributed by atoms with Crippen LogP contribution >= 0.6 is 0 Å². The molecule has 1 atom stereocenters. The second-order valence-electron chi connectivity index (χ2n) is 6.62. The van der Waals surface area contributed by atoms with E-state index in [1.165, 1.54) is 0 Å². The number of piperidine rings is 1. The van der Waals surface area contributed by atoms with Crippen molar-refractivity contribution >= 4 is 16.9 Å². The molecular weight excluding hydrogens is 302 g/mol. The fourth-order valence-electron chi connectivity index (χ4n) is 3.57. The molecule has 0 saturated carbocycles. The smallest absolute Gasteiger partial charge is 0.289 e. The number of amides is 1. The zero-order valence-corrected chi connectivity index (χ0v) is 14.0. The molecule has 1 aliphatic rings. The van der Waals surface area contributed by atoms with Crippen molar-refractivity contribution in [1.82, 2.24) is 14.9 Å². The molecule has 1 fully saturated rings. The topological polar surface area (TPSA) is 62.1 Å². The van der Waals surface area contributed by atoms with Crippen LogP contribution in [0.3, 0.4) is 0 Å². The highest BCUT2D eigenvalue weighted by Gasteiger charge is 2.29. The van der Waals surface area contributed by atoms with Crippen LogP contribution in [0.1, 0.15) is 46.3 Å². The van der Waals surface area contributed by atoms with Gasteiger partial charge in [-0.3, -0.25) is 4.79 Å². The molecule has 3 heterocycles. The molecule has 1 N–H and O–H groups in total. The molecule has 1 aliphatic heterocycles. The van der Waals surface area contributed by atoms with Gasteiger partial charge in [0.2, 0.25) is 0 Å². The van der Waals surface area contributed by atoms with Crippen molar-refractivity contribution < 1.29 is 9.21 Å². The van der Waals surface area contributed by atoms with E-state index in [0.29, 0.717) is 12.3 Å². The Labute approximate surface area is 140 Å². The Morgan fingerprint density at radius 3 is 3.04 bits per heavy atom. The summed E-state index contributed by atoms with van der Waals surface area (Å²) in [6, 6.07) is 6.07. The van der Waals surface area contributed by atoms with Gasteiger partial charge in [0, 0.05) is 42.4 Å². The summed E-state index contributed by atoms with van der Waals surface area (Å²) < 4.78 is 5.91. The Balaban J connectivity index is 1.62. The zero-order valence-electron chi connectivity index (χ0n) is 14.0. The molecule has 2 aromatic heterocycles. The van der Waals surface area contributed by atoms with Crippen LogP contribution in [0.25, 0.3) is 11.0 Å². The fraction of sp³-hybridized carbons (Fsp3) is 0.368. The Morgan fingerprint density at radius 2 is 2.25 bits per heavy atom. The average Bonchev–Trinajstić information content (AvgIpc) is 3.23. The number of H-pyrrole nitrogens is 1. The molecule has 5 heteroatoms. The fourth-order valence-corrected chi connectivity index (χ4v) is 3.57. The predicted molar refractivity (Wildman–Crippen MR) is 92.2 cm³/mol. The minimum atomic E-state index is -0.0161. The van der Waals surface area contributed by atoms with Crippen LogP contribution in [0.5, 0.6) is 0 Å². The van der Waals surface area contributed by atoms with E-state index >= 15 is 0 Å². The Kier molecular flexibility index (Phi) is 3.63. The maximum absolute atomic E-state index is 13.0. The number of aryl methyl sites for hydroxylation is 2. The standard InChI is InChI=1S/C19H21N3O2/c1-12-5-6-15-13(2)17(24-16(15)10-12)19(23)22-9-3-4-14(11-22)18-20-7-8-21-18/h5-8,10,14H,3-4,9,11H2,1-2H3,(H,20,21)/t14-/m0/s1. The van der Waals surface area contributed by atoms with Crippen molar-refractivity contribution in [1.29, 1.82) is 0 Å². The van der Waals surface area contributed by atoms with Gasteiger partial charge in [0.15, 0.2) is 5.76 Å². The van der Waals surface area contributed by atoms with Gasteiger partial charge >= 0.3 is 0 Å². The summed E-state index contributed by atoms with van der Waals surface area (Å²) in [6.45, 7) is 5.44. The molecule has 4 rings (SSSR count). The van der Waals surface area contributed by atoms with E-state index in [9.17, 15) is 4.79 Å².